The van der Waals surface area contributed by atoms with E-state index in [4.69, 9.17) is 21.1 Å². The number of carbonyl (C=O) groups excluding carboxylic acids is 1. The van der Waals surface area contributed by atoms with Gasteiger partial charge in [-0.25, -0.2) is 0 Å². The second-order valence-electron chi connectivity index (χ2n) is 6.87. The normalized spacial score (nSPS) is 13.2. The van der Waals surface area contributed by atoms with E-state index < -0.39 is 0 Å². The monoisotopic (exact) mass is 408 g/mol. The molecule has 1 aliphatic rings. The SMILES string of the molecule is Cc1ccc([C@@H](NCC(=O)Nc2cc3c(cc2Cl)OCO3)c2ccccc2)cc1. The van der Waals surface area contributed by atoms with Crippen LogP contribution in [0, 0.1) is 6.92 Å². The van der Waals surface area contributed by atoms with Gasteiger partial charge < -0.3 is 14.8 Å². The first-order valence-corrected chi connectivity index (χ1v) is 9.72. The maximum Gasteiger partial charge on any atom is 0.238 e. The van der Waals surface area contributed by atoms with E-state index in [2.05, 4.69) is 41.8 Å². The van der Waals surface area contributed by atoms with Crippen molar-refractivity contribution in [3.8, 4) is 11.5 Å². The van der Waals surface area contributed by atoms with Gasteiger partial charge in [-0.15, -0.1) is 0 Å². The summed E-state index contributed by atoms with van der Waals surface area (Å²) in [4.78, 5) is 12.6. The van der Waals surface area contributed by atoms with Crippen molar-refractivity contribution in [3.63, 3.8) is 0 Å². The van der Waals surface area contributed by atoms with Crippen LogP contribution in [0.4, 0.5) is 5.69 Å². The highest BCUT2D eigenvalue weighted by atomic mass is 35.5. The number of aryl methyl sites for hydroxylation is 1. The highest BCUT2D eigenvalue weighted by Crippen LogP contribution is 2.39. The molecule has 0 fully saturated rings. The zero-order valence-corrected chi connectivity index (χ0v) is 16.7. The Kier molecular flexibility index (Phi) is 5.69. The number of anilines is 1. The number of hydrogen-bond acceptors (Lipinski definition) is 4. The number of hydrogen-bond donors (Lipinski definition) is 2. The Morgan fingerprint density at radius 2 is 1.66 bits per heavy atom. The molecule has 5 nitrogen and oxygen atoms in total. The number of benzene rings is 3. The van der Waals surface area contributed by atoms with Crippen LogP contribution < -0.4 is 20.1 Å². The minimum Gasteiger partial charge on any atom is -0.454 e. The van der Waals surface area contributed by atoms with Gasteiger partial charge in [-0.3, -0.25) is 10.1 Å². The lowest BCUT2D eigenvalue weighted by Gasteiger charge is -2.20. The van der Waals surface area contributed by atoms with E-state index in [1.807, 2.05) is 30.3 Å². The van der Waals surface area contributed by atoms with Crippen molar-refractivity contribution in [1.82, 2.24) is 5.32 Å². The quantitative estimate of drug-likeness (QED) is 0.621. The molecule has 0 spiro atoms. The molecule has 0 bridgehead atoms. The third-order valence-corrected chi connectivity index (χ3v) is 5.06. The molecule has 1 amide bonds. The summed E-state index contributed by atoms with van der Waals surface area (Å²) >= 11 is 6.25. The lowest BCUT2D eigenvalue weighted by molar-refractivity contribution is -0.115. The molecular weight excluding hydrogens is 388 g/mol. The fraction of sp³-hybridized carbons (Fsp3) is 0.174. The highest BCUT2D eigenvalue weighted by molar-refractivity contribution is 6.34. The largest absolute Gasteiger partial charge is 0.454 e. The Hall–Kier alpha value is -3.02. The molecule has 1 aliphatic heterocycles. The topological polar surface area (TPSA) is 59.6 Å². The number of halogens is 1. The Morgan fingerprint density at radius 3 is 2.38 bits per heavy atom. The summed E-state index contributed by atoms with van der Waals surface area (Å²) in [6.45, 7) is 2.33. The van der Waals surface area contributed by atoms with Crippen molar-refractivity contribution in [2.75, 3.05) is 18.7 Å². The predicted molar refractivity (Wildman–Crippen MR) is 114 cm³/mol. The van der Waals surface area contributed by atoms with E-state index >= 15 is 0 Å². The Balaban J connectivity index is 1.47. The molecule has 2 N–H and O–H groups in total. The van der Waals surface area contributed by atoms with Crippen molar-refractivity contribution in [2.45, 2.75) is 13.0 Å². The molecule has 3 aromatic rings. The maximum absolute atomic E-state index is 12.6. The number of rotatable bonds is 6. The molecule has 1 heterocycles. The summed E-state index contributed by atoms with van der Waals surface area (Å²) < 4.78 is 10.6. The summed E-state index contributed by atoms with van der Waals surface area (Å²) in [6.07, 6.45) is 0. The minimum absolute atomic E-state index is 0.102. The molecule has 0 radical (unpaired) electrons. The lowest BCUT2D eigenvalue weighted by atomic mass is 9.98. The van der Waals surface area contributed by atoms with Gasteiger partial charge in [-0.1, -0.05) is 71.8 Å². The summed E-state index contributed by atoms with van der Waals surface area (Å²) in [5.41, 5.74) is 3.87. The zero-order chi connectivity index (χ0) is 20.2. The standard InChI is InChI=1S/C23H21ClN2O3/c1-15-7-9-17(10-8-15)23(16-5-3-2-4-6-16)25-13-22(27)26-19-12-21-20(11-18(19)24)28-14-29-21/h2-12,23,25H,13-14H2,1H3,(H,26,27)/t23-/m0/s1. The van der Waals surface area contributed by atoms with Crippen molar-refractivity contribution in [2.24, 2.45) is 0 Å². The number of amides is 1. The van der Waals surface area contributed by atoms with Crippen molar-refractivity contribution >= 4 is 23.2 Å². The average Bonchev–Trinajstić information content (AvgIpc) is 3.17. The second-order valence-corrected chi connectivity index (χ2v) is 7.28. The molecule has 3 aromatic carbocycles. The van der Waals surface area contributed by atoms with Crippen LogP contribution in [-0.2, 0) is 4.79 Å². The molecule has 29 heavy (non-hydrogen) atoms. The molecule has 4 rings (SSSR count). The average molecular weight is 409 g/mol. The summed E-state index contributed by atoms with van der Waals surface area (Å²) in [7, 11) is 0. The third-order valence-electron chi connectivity index (χ3n) is 4.75. The molecule has 1 atom stereocenters. The van der Waals surface area contributed by atoms with Gasteiger partial charge in [0.1, 0.15) is 0 Å². The van der Waals surface area contributed by atoms with Crippen LogP contribution in [0.3, 0.4) is 0 Å². The summed E-state index contributed by atoms with van der Waals surface area (Å²) in [6, 6.07) is 21.6. The van der Waals surface area contributed by atoms with Crippen molar-refractivity contribution in [1.29, 1.82) is 0 Å². The van der Waals surface area contributed by atoms with E-state index in [0.29, 0.717) is 22.2 Å². The van der Waals surface area contributed by atoms with Gasteiger partial charge in [0, 0.05) is 12.1 Å². The Bertz CT molecular complexity index is 1010. The van der Waals surface area contributed by atoms with Crippen LogP contribution in [0.15, 0.2) is 66.7 Å². The van der Waals surface area contributed by atoms with Gasteiger partial charge in [0.15, 0.2) is 11.5 Å². The summed E-state index contributed by atoms with van der Waals surface area (Å²) in [5, 5.41) is 6.59. The van der Waals surface area contributed by atoms with Gasteiger partial charge in [0.05, 0.1) is 23.3 Å². The van der Waals surface area contributed by atoms with Crippen molar-refractivity contribution < 1.29 is 14.3 Å². The summed E-state index contributed by atoms with van der Waals surface area (Å²) in [5.74, 6) is 0.952. The smallest absolute Gasteiger partial charge is 0.238 e. The lowest BCUT2D eigenvalue weighted by Crippen LogP contribution is -2.32. The molecular formula is C23H21ClN2O3. The van der Waals surface area contributed by atoms with E-state index in [1.165, 1.54) is 5.56 Å². The van der Waals surface area contributed by atoms with Crippen molar-refractivity contribution in [3.05, 3.63) is 88.4 Å². The molecule has 0 saturated carbocycles. The Labute approximate surface area is 174 Å². The van der Waals surface area contributed by atoms with E-state index in [-0.39, 0.29) is 25.3 Å². The van der Waals surface area contributed by atoms with E-state index in [9.17, 15) is 4.79 Å². The first-order valence-electron chi connectivity index (χ1n) is 9.34. The first kappa shape index (κ1) is 19.3. The van der Waals surface area contributed by atoms with Crippen LogP contribution in [-0.4, -0.2) is 19.2 Å². The number of carbonyl (C=O) groups is 1. The number of nitrogens with one attached hydrogen (secondary N) is 2. The van der Waals surface area contributed by atoms with Crippen LogP contribution in [0.1, 0.15) is 22.7 Å². The zero-order valence-electron chi connectivity index (χ0n) is 15.9. The minimum atomic E-state index is -0.196. The van der Waals surface area contributed by atoms with Crippen LogP contribution in [0.25, 0.3) is 0 Å². The van der Waals surface area contributed by atoms with Gasteiger partial charge in [-0.05, 0) is 18.1 Å². The second kappa shape index (κ2) is 8.55. The van der Waals surface area contributed by atoms with Gasteiger partial charge in [-0.2, -0.15) is 0 Å². The van der Waals surface area contributed by atoms with E-state index in [1.54, 1.807) is 12.1 Å². The van der Waals surface area contributed by atoms with Gasteiger partial charge >= 0.3 is 0 Å². The fourth-order valence-electron chi connectivity index (χ4n) is 3.23. The Morgan fingerprint density at radius 1 is 1.00 bits per heavy atom. The highest BCUT2D eigenvalue weighted by Gasteiger charge is 2.19. The van der Waals surface area contributed by atoms with Gasteiger partial charge in [0.2, 0.25) is 12.7 Å². The molecule has 0 aliphatic carbocycles. The fourth-order valence-corrected chi connectivity index (χ4v) is 3.44. The predicted octanol–water partition coefficient (Wildman–Crippen LogP) is 4.69. The van der Waals surface area contributed by atoms with Crippen LogP contribution in [0.5, 0.6) is 11.5 Å². The number of fused-ring (bicyclic) bond motifs is 1. The molecule has 148 valence electrons. The number of ether oxygens (including phenoxy) is 2. The van der Waals surface area contributed by atoms with Crippen LogP contribution in [0.2, 0.25) is 5.02 Å². The molecule has 0 unspecified atom stereocenters. The first-order chi connectivity index (χ1) is 14.1. The van der Waals surface area contributed by atoms with Gasteiger partial charge in [0.25, 0.3) is 0 Å². The molecule has 6 heteroatoms. The third kappa shape index (κ3) is 4.53. The van der Waals surface area contributed by atoms with E-state index in [0.717, 1.165) is 11.1 Å². The molecule has 0 saturated heterocycles. The van der Waals surface area contributed by atoms with Crippen LogP contribution >= 0.6 is 11.6 Å². The maximum atomic E-state index is 12.6. The molecule has 0 aromatic heterocycles.